The van der Waals surface area contributed by atoms with Gasteiger partial charge < -0.3 is 15.8 Å². The van der Waals surface area contributed by atoms with E-state index in [0.717, 1.165) is 5.75 Å². The van der Waals surface area contributed by atoms with Crippen molar-refractivity contribution in [2.75, 3.05) is 24.7 Å². The molecule has 0 saturated heterocycles. The molecule has 0 spiro atoms. The standard InChI is InChI=1S/C12H24N2O3S/c1-4-17-11(16)6-5-7-14-10(15)8-18-9-12(2,3)13/h4-9,13H2,1-3H3,(H,14,15). The molecule has 0 rings (SSSR count). The molecule has 0 fully saturated rings. The van der Waals surface area contributed by atoms with Crippen LogP contribution in [0.3, 0.4) is 0 Å². The number of nitrogens with one attached hydrogen (secondary N) is 1. The summed E-state index contributed by atoms with van der Waals surface area (Å²) in [6, 6.07) is 0. The Bertz CT molecular complexity index is 265. The summed E-state index contributed by atoms with van der Waals surface area (Å²) in [7, 11) is 0. The van der Waals surface area contributed by atoms with E-state index in [1.165, 1.54) is 11.8 Å². The highest BCUT2D eigenvalue weighted by Gasteiger charge is 2.11. The van der Waals surface area contributed by atoms with E-state index >= 15 is 0 Å². The molecule has 0 unspecified atom stereocenters. The highest BCUT2D eigenvalue weighted by atomic mass is 32.2. The third-order valence-corrected chi connectivity index (χ3v) is 3.31. The normalized spacial score (nSPS) is 11.1. The van der Waals surface area contributed by atoms with Crippen LogP contribution < -0.4 is 11.1 Å². The second-order valence-electron chi connectivity index (χ2n) is 4.74. The lowest BCUT2D eigenvalue weighted by atomic mass is 10.1. The van der Waals surface area contributed by atoms with E-state index in [4.69, 9.17) is 10.5 Å². The van der Waals surface area contributed by atoms with Gasteiger partial charge in [0.05, 0.1) is 12.4 Å². The van der Waals surface area contributed by atoms with E-state index < -0.39 is 0 Å². The minimum Gasteiger partial charge on any atom is -0.466 e. The van der Waals surface area contributed by atoms with Crippen LogP contribution in [0.25, 0.3) is 0 Å². The number of hydrogen-bond donors (Lipinski definition) is 2. The SMILES string of the molecule is CCOC(=O)CCCNC(=O)CSCC(C)(C)N. The Labute approximate surface area is 113 Å². The van der Waals surface area contributed by atoms with Gasteiger partial charge >= 0.3 is 5.97 Å². The van der Waals surface area contributed by atoms with Crippen molar-refractivity contribution in [1.82, 2.24) is 5.32 Å². The molecule has 0 aliphatic rings. The number of amides is 1. The summed E-state index contributed by atoms with van der Waals surface area (Å²) in [5.74, 6) is 0.905. The highest BCUT2D eigenvalue weighted by molar-refractivity contribution is 8.00. The third-order valence-electron chi connectivity index (χ3n) is 1.89. The van der Waals surface area contributed by atoms with Crippen molar-refractivity contribution in [3.8, 4) is 0 Å². The molecule has 0 aliphatic carbocycles. The molecule has 5 nitrogen and oxygen atoms in total. The van der Waals surface area contributed by atoms with Gasteiger partial charge in [-0.2, -0.15) is 11.8 Å². The predicted molar refractivity (Wildman–Crippen MR) is 74.5 cm³/mol. The van der Waals surface area contributed by atoms with Crippen molar-refractivity contribution >= 4 is 23.6 Å². The molecule has 1 amide bonds. The van der Waals surface area contributed by atoms with Crippen LogP contribution >= 0.6 is 11.8 Å². The molecule has 0 heterocycles. The fourth-order valence-electron chi connectivity index (χ4n) is 1.15. The Hall–Kier alpha value is -0.750. The van der Waals surface area contributed by atoms with E-state index in [1.807, 2.05) is 13.8 Å². The van der Waals surface area contributed by atoms with Gasteiger partial charge in [0.2, 0.25) is 5.91 Å². The minimum absolute atomic E-state index is 0.0203. The van der Waals surface area contributed by atoms with E-state index in [-0.39, 0.29) is 17.4 Å². The van der Waals surface area contributed by atoms with Gasteiger partial charge in [-0.3, -0.25) is 9.59 Å². The van der Waals surface area contributed by atoms with Gasteiger partial charge in [0.25, 0.3) is 0 Å². The first kappa shape index (κ1) is 17.2. The summed E-state index contributed by atoms with van der Waals surface area (Å²) < 4.78 is 4.78. The molecular formula is C12H24N2O3S. The first-order chi connectivity index (χ1) is 8.35. The van der Waals surface area contributed by atoms with Crippen LogP contribution in [0.2, 0.25) is 0 Å². The highest BCUT2D eigenvalue weighted by Crippen LogP contribution is 2.08. The van der Waals surface area contributed by atoms with Gasteiger partial charge in [-0.05, 0) is 27.2 Å². The third kappa shape index (κ3) is 11.7. The van der Waals surface area contributed by atoms with Crippen LogP contribution in [-0.4, -0.2) is 42.1 Å². The lowest BCUT2D eigenvalue weighted by Crippen LogP contribution is -2.35. The summed E-state index contributed by atoms with van der Waals surface area (Å²) in [6.45, 7) is 6.53. The summed E-state index contributed by atoms with van der Waals surface area (Å²) in [6.07, 6.45) is 0.953. The number of esters is 1. The fourth-order valence-corrected chi connectivity index (χ4v) is 2.07. The van der Waals surface area contributed by atoms with Crippen LogP contribution in [-0.2, 0) is 14.3 Å². The lowest BCUT2D eigenvalue weighted by molar-refractivity contribution is -0.143. The Kier molecular flexibility index (Phi) is 8.83. The van der Waals surface area contributed by atoms with Crippen molar-refractivity contribution < 1.29 is 14.3 Å². The van der Waals surface area contributed by atoms with E-state index in [1.54, 1.807) is 6.92 Å². The summed E-state index contributed by atoms with van der Waals surface area (Å²) in [4.78, 5) is 22.4. The fraction of sp³-hybridized carbons (Fsp3) is 0.833. The molecule has 3 N–H and O–H groups in total. The summed E-state index contributed by atoms with van der Waals surface area (Å²) in [5.41, 5.74) is 5.55. The largest absolute Gasteiger partial charge is 0.466 e. The lowest BCUT2D eigenvalue weighted by Gasteiger charge is -2.17. The monoisotopic (exact) mass is 276 g/mol. The number of carbonyl (C=O) groups is 2. The van der Waals surface area contributed by atoms with Crippen molar-refractivity contribution in [1.29, 1.82) is 0 Å². The first-order valence-corrected chi connectivity index (χ1v) is 7.29. The van der Waals surface area contributed by atoms with Gasteiger partial charge in [-0.1, -0.05) is 0 Å². The molecule has 0 aromatic heterocycles. The van der Waals surface area contributed by atoms with Crippen molar-refractivity contribution in [3.05, 3.63) is 0 Å². The molecule has 106 valence electrons. The van der Waals surface area contributed by atoms with E-state index in [0.29, 0.717) is 31.7 Å². The molecular weight excluding hydrogens is 252 g/mol. The summed E-state index contributed by atoms with van der Waals surface area (Å²) >= 11 is 1.51. The first-order valence-electron chi connectivity index (χ1n) is 6.14. The zero-order valence-corrected chi connectivity index (χ0v) is 12.3. The summed E-state index contributed by atoms with van der Waals surface area (Å²) in [5, 5.41) is 2.76. The average molecular weight is 276 g/mol. The van der Waals surface area contributed by atoms with Crippen LogP contribution in [0.5, 0.6) is 0 Å². The van der Waals surface area contributed by atoms with Gasteiger partial charge in [0.1, 0.15) is 0 Å². The molecule has 0 atom stereocenters. The Morgan fingerprint density at radius 2 is 2.06 bits per heavy atom. The molecule has 0 aromatic rings. The molecule has 18 heavy (non-hydrogen) atoms. The number of rotatable bonds is 9. The zero-order chi connectivity index (χ0) is 14.0. The van der Waals surface area contributed by atoms with Gasteiger partial charge in [-0.15, -0.1) is 0 Å². The van der Waals surface area contributed by atoms with Crippen molar-refractivity contribution in [3.63, 3.8) is 0 Å². The average Bonchev–Trinajstić information content (AvgIpc) is 2.23. The maximum Gasteiger partial charge on any atom is 0.305 e. The molecule has 0 radical (unpaired) electrons. The molecule has 0 aliphatic heterocycles. The maximum absolute atomic E-state index is 11.4. The van der Waals surface area contributed by atoms with Gasteiger partial charge in [0.15, 0.2) is 0 Å². The smallest absolute Gasteiger partial charge is 0.305 e. The van der Waals surface area contributed by atoms with Crippen molar-refractivity contribution in [2.24, 2.45) is 5.73 Å². The van der Waals surface area contributed by atoms with Gasteiger partial charge in [0, 0.05) is 24.3 Å². The maximum atomic E-state index is 11.4. The quantitative estimate of drug-likeness (QED) is 0.483. The number of nitrogens with two attached hydrogens (primary N) is 1. The zero-order valence-electron chi connectivity index (χ0n) is 11.5. The Balaban J connectivity index is 3.46. The predicted octanol–water partition coefficient (Wildman–Crippen LogP) is 0.916. The van der Waals surface area contributed by atoms with E-state index in [2.05, 4.69) is 5.32 Å². The second kappa shape index (κ2) is 9.22. The van der Waals surface area contributed by atoms with E-state index in [9.17, 15) is 9.59 Å². The second-order valence-corrected chi connectivity index (χ2v) is 5.73. The Morgan fingerprint density at radius 3 is 2.61 bits per heavy atom. The number of hydrogen-bond acceptors (Lipinski definition) is 5. The van der Waals surface area contributed by atoms with Crippen LogP contribution in [0.4, 0.5) is 0 Å². The number of thioether (sulfide) groups is 1. The van der Waals surface area contributed by atoms with Crippen LogP contribution in [0.15, 0.2) is 0 Å². The van der Waals surface area contributed by atoms with Crippen molar-refractivity contribution in [2.45, 2.75) is 39.2 Å². The molecule has 0 aromatic carbocycles. The number of carbonyl (C=O) groups excluding carboxylic acids is 2. The molecule has 6 heteroatoms. The molecule has 0 bridgehead atoms. The molecule has 0 saturated carbocycles. The topological polar surface area (TPSA) is 81.4 Å². The minimum atomic E-state index is -0.255. The Morgan fingerprint density at radius 1 is 1.39 bits per heavy atom. The van der Waals surface area contributed by atoms with Crippen LogP contribution in [0, 0.1) is 0 Å². The van der Waals surface area contributed by atoms with Gasteiger partial charge in [-0.25, -0.2) is 0 Å². The number of ether oxygens (including phenoxy) is 1. The van der Waals surface area contributed by atoms with Crippen LogP contribution in [0.1, 0.15) is 33.6 Å².